The van der Waals surface area contributed by atoms with Gasteiger partial charge in [-0.15, -0.1) is 0 Å². The van der Waals surface area contributed by atoms with E-state index in [1.165, 1.54) is 19.3 Å². The van der Waals surface area contributed by atoms with Gasteiger partial charge in [0, 0.05) is 19.4 Å². The Balaban J connectivity index is 1.66. The molecule has 19 heavy (non-hydrogen) atoms. The van der Waals surface area contributed by atoms with Gasteiger partial charge in [0.2, 0.25) is 0 Å². The maximum Gasteiger partial charge on any atom is 0.157 e. The molecule has 2 aliphatic carbocycles. The molecular formula is C16H26O3. The maximum atomic E-state index is 11.9. The molecule has 0 aromatic carbocycles. The highest BCUT2D eigenvalue weighted by molar-refractivity contribution is 5.79. The van der Waals surface area contributed by atoms with Gasteiger partial charge in [0.25, 0.3) is 0 Å². The number of ketones is 1. The van der Waals surface area contributed by atoms with Gasteiger partial charge in [-0.05, 0) is 49.9 Å². The Morgan fingerprint density at radius 2 is 2.00 bits per heavy atom. The Bertz CT molecular complexity index is 322. The summed E-state index contributed by atoms with van der Waals surface area (Å²) in [5.41, 5.74) is 0. The van der Waals surface area contributed by atoms with Crippen LogP contribution in [0.25, 0.3) is 0 Å². The van der Waals surface area contributed by atoms with Crippen molar-refractivity contribution in [3.05, 3.63) is 0 Å². The van der Waals surface area contributed by atoms with Gasteiger partial charge in [0.05, 0.1) is 6.10 Å². The second kappa shape index (κ2) is 5.92. The van der Waals surface area contributed by atoms with Gasteiger partial charge in [-0.1, -0.05) is 13.3 Å². The lowest BCUT2D eigenvalue weighted by molar-refractivity contribution is -0.201. The van der Waals surface area contributed by atoms with Crippen molar-refractivity contribution in [2.24, 2.45) is 17.8 Å². The van der Waals surface area contributed by atoms with Crippen LogP contribution in [0.5, 0.6) is 0 Å². The van der Waals surface area contributed by atoms with Crippen molar-refractivity contribution in [2.75, 3.05) is 6.61 Å². The summed E-state index contributed by atoms with van der Waals surface area (Å²) in [5, 5.41) is 0. The molecule has 3 fully saturated rings. The summed E-state index contributed by atoms with van der Waals surface area (Å²) in [6, 6.07) is 0. The largest absolute Gasteiger partial charge is 0.353 e. The smallest absolute Gasteiger partial charge is 0.157 e. The lowest BCUT2D eigenvalue weighted by Crippen LogP contribution is -2.33. The van der Waals surface area contributed by atoms with Gasteiger partial charge in [-0.25, -0.2) is 0 Å². The molecule has 3 nitrogen and oxygen atoms in total. The molecule has 5 atom stereocenters. The van der Waals surface area contributed by atoms with E-state index in [2.05, 4.69) is 6.92 Å². The second-order valence-electron chi connectivity index (χ2n) is 6.63. The third kappa shape index (κ3) is 3.03. The number of rotatable bonds is 2. The number of carbonyl (C=O) groups excluding carboxylic acids is 1. The topological polar surface area (TPSA) is 35.5 Å². The molecule has 3 rings (SSSR count). The number of hydrogen-bond acceptors (Lipinski definition) is 3. The van der Waals surface area contributed by atoms with Crippen molar-refractivity contribution in [1.82, 2.24) is 0 Å². The predicted molar refractivity (Wildman–Crippen MR) is 72.7 cm³/mol. The normalized spacial score (nSPS) is 43.8. The summed E-state index contributed by atoms with van der Waals surface area (Å²) < 4.78 is 12.0. The van der Waals surface area contributed by atoms with E-state index in [0.717, 1.165) is 32.3 Å². The Morgan fingerprint density at radius 1 is 1.11 bits per heavy atom. The van der Waals surface area contributed by atoms with Crippen molar-refractivity contribution in [3.63, 3.8) is 0 Å². The summed E-state index contributed by atoms with van der Waals surface area (Å²) in [6.45, 7) is 3.14. The van der Waals surface area contributed by atoms with E-state index in [1.807, 2.05) is 0 Å². The number of ether oxygens (including phenoxy) is 2. The molecule has 1 unspecified atom stereocenters. The lowest BCUT2D eigenvalue weighted by Gasteiger charge is -2.32. The summed E-state index contributed by atoms with van der Waals surface area (Å²) in [7, 11) is 0. The van der Waals surface area contributed by atoms with Crippen molar-refractivity contribution in [1.29, 1.82) is 0 Å². The zero-order chi connectivity index (χ0) is 13.2. The SMILES string of the molecule is C[C@@H]1CC[C@@H]2[C@@H]1CC(=O)CC[C@H]2OC1CCCCO1. The molecule has 0 spiro atoms. The summed E-state index contributed by atoms with van der Waals surface area (Å²) in [6.07, 6.45) is 8.53. The predicted octanol–water partition coefficient (Wildman–Crippen LogP) is 3.31. The van der Waals surface area contributed by atoms with Crippen LogP contribution in [0, 0.1) is 17.8 Å². The second-order valence-corrected chi connectivity index (χ2v) is 6.63. The number of Topliss-reactive ketones (excluding diaryl/α,β-unsaturated/α-hetero) is 1. The molecule has 0 amide bonds. The molecule has 3 aliphatic rings. The first-order valence-corrected chi connectivity index (χ1v) is 8.03. The van der Waals surface area contributed by atoms with Crippen LogP contribution in [0.2, 0.25) is 0 Å². The standard InChI is InChI=1S/C16H26O3/c1-11-5-7-13-14(11)10-12(17)6-8-15(13)19-16-4-2-3-9-18-16/h11,13-16H,2-10H2,1H3/t11-,13-,14-,15-,16?/m1/s1. The minimum atomic E-state index is -0.0106. The molecule has 2 saturated carbocycles. The van der Waals surface area contributed by atoms with Crippen LogP contribution >= 0.6 is 0 Å². The van der Waals surface area contributed by atoms with E-state index >= 15 is 0 Å². The monoisotopic (exact) mass is 266 g/mol. The molecule has 0 aromatic heterocycles. The first kappa shape index (κ1) is 13.6. The summed E-state index contributed by atoms with van der Waals surface area (Å²) in [4.78, 5) is 11.9. The average molecular weight is 266 g/mol. The van der Waals surface area contributed by atoms with Gasteiger partial charge < -0.3 is 9.47 Å². The van der Waals surface area contributed by atoms with Gasteiger partial charge in [0.1, 0.15) is 5.78 Å². The summed E-state index contributed by atoms with van der Waals surface area (Å²) >= 11 is 0. The van der Waals surface area contributed by atoms with Crippen LogP contribution in [-0.2, 0) is 14.3 Å². The third-order valence-electron chi connectivity index (χ3n) is 5.35. The van der Waals surface area contributed by atoms with Gasteiger partial charge in [0.15, 0.2) is 6.29 Å². The highest BCUT2D eigenvalue weighted by Gasteiger charge is 2.42. The quantitative estimate of drug-likeness (QED) is 0.769. The average Bonchev–Trinajstić information content (AvgIpc) is 2.69. The van der Waals surface area contributed by atoms with Gasteiger partial charge in [-0.3, -0.25) is 4.79 Å². The van der Waals surface area contributed by atoms with Gasteiger partial charge >= 0.3 is 0 Å². The lowest BCUT2D eigenvalue weighted by atomic mass is 9.85. The van der Waals surface area contributed by atoms with Crippen LogP contribution in [0.4, 0.5) is 0 Å². The molecular weight excluding hydrogens is 240 g/mol. The van der Waals surface area contributed by atoms with E-state index in [-0.39, 0.29) is 12.4 Å². The molecule has 0 radical (unpaired) electrons. The number of carbonyl (C=O) groups is 1. The third-order valence-corrected chi connectivity index (χ3v) is 5.35. The highest BCUT2D eigenvalue weighted by atomic mass is 16.7. The van der Waals surface area contributed by atoms with Crippen LogP contribution in [0.3, 0.4) is 0 Å². The zero-order valence-corrected chi connectivity index (χ0v) is 12.0. The molecule has 0 N–H and O–H groups in total. The fourth-order valence-electron chi connectivity index (χ4n) is 4.18. The fraction of sp³-hybridized carbons (Fsp3) is 0.938. The van der Waals surface area contributed by atoms with E-state index in [1.54, 1.807) is 0 Å². The maximum absolute atomic E-state index is 11.9. The molecule has 108 valence electrons. The van der Waals surface area contributed by atoms with E-state index in [0.29, 0.717) is 30.0 Å². The molecule has 0 aromatic rings. The van der Waals surface area contributed by atoms with Crippen molar-refractivity contribution in [2.45, 2.75) is 70.7 Å². The highest BCUT2D eigenvalue weighted by Crippen LogP contribution is 2.45. The van der Waals surface area contributed by atoms with Crippen molar-refractivity contribution in [3.8, 4) is 0 Å². The van der Waals surface area contributed by atoms with Crippen LogP contribution in [-0.4, -0.2) is 24.8 Å². The fourth-order valence-corrected chi connectivity index (χ4v) is 4.18. The van der Waals surface area contributed by atoms with Crippen LogP contribution in [0.1, 0.15) is 58.3 Å². The molecule has 1 aliphatic heterocycles. The van der Waals surface area contributed by atoms with Crippen molar-refractivity contribution >= 4 is 5.78 Å². The van der Waals surface area contributed by atoms with Crippen molar-refractivity contribution < 1.29 is 14.3 Å². The first-order valence-electron chi connectivity index (χ1n) is 8.03. The summed E-state index contributed by atoms with van der Waals surface area (Å²) in [5.74, 6) is 2.28. The Morgan fingerprint density at radius 3 is 2.79 bits per heavy atom. The molecule has 1 heterocycles. The van der Waals surface area contributed by atoms with Gasteiger partial charge in [-0.2, -0.15) is 0 Å². The Hall–Kier alpha value is -0.410. The minimum Gasteiger partial charge on any atom is -0.353 e. The van der Waals surface area contributed by atoms with Crippen LogP contribution < -0.4 is 0 Å². The zero-order valence-electron chi connectivity index (χ0n) is 12.0. The molecule has 0 bridgehead atoms. The van der Waals surface area contributed by atoms with E-state index in [4.69, 9.17) is 9.47 Å². The molecule has 3 heteroatoms. The number of hydrogen-bond donors (Lipinski definition) is 0. The Labute approximate surface area is 116 Å². The Kier molecular flexibility index (Phi) is 4.23. The minimum absolute atomic E-state index is 0.0106. The van der Waals surface area contributed by atoms with E-state index < -0.39 is 0 Å². The van der Waals surface area contributed by atoms with Crippen LogP contribution in [0.15, 0.2) is 0 Å². The number of fused-ring (bicyclic) bond motifs is 1. The van der Waals surface area contributed by atoms with E-state index in [9.17, 15) is 4.79 Å². The molecule has 1 saturated heterocycles. The first-order chi connectivity index (χ1) is 9.24.